The van der Waals surface area contributed by atoms with Crippen molar-refractivity contribution in [2.45, 2.75) is 18.3 Å². The highest BCUT2D eigenvalue weighted by Gasteiger charge is 2.43. The molecule has 0 saturated carbocycles. The van der Waals surface area contributed by atoms with Crippen LogP contribution in [0, 0.1) is 0 Å². The Morgan fingerprint density at radius 1 is 1.26 bits per heavy atom. The predicted molar refractivity (Wildman–Crippen MR) is 96.1 cm³/mol. The third-order valence-corrected chi connectivity index (χ3v) is 5.08. The van der Waals surface area contributed by atoms with Crippen molar-refractivity contribution in [1.82, 2.24) is 20.2 Å². The minimum absolute atomic E-state index is 0.102. The standard InChI is InChI=1S/C18H19F3N6/c1-22-17-11-23-7-9-27(17)8-5-12-10-13(2-3-14(12)17)25-15-4-6-24-16(26-15)18(19,20)21/h2-4,6,10,23H,1,5,7-9,11H2,(H,24,25,26)/t17-/m0/s1. The number of nitrogens with one attached hydrogen (secondary N) is 2. The normalized spacial score (nSPS) is 22.6. The highest BCUT2D eigenvalue weighted by atomic mass is 19.4. The summed E-state index contributed by atoms with van der Waals surface area (Å²) in [6.07, 6.45) is -2.63. The molecule has 9 heteroatoms. The van der Waals surface area contributed by atoms with Crippen LogP contribution >= 0.6 is 0 Å². The highest BCUT2D eigenvalue weighted by Crippen LogP contribution is 2.38. The molecule has 0 radical (unpaired) electrons. The topological polar surface area (TPSA) is 65.4 Å². The van der Waals surface area contributed by atoms with E-state index in [1.165, 1.54) is 6.07 Å². The molecule has 2 aromatic rings. The van der Waals surface area contributed by atoms with Crippen molar-refractivity contribution in [3.8, 4) is 0 Å². The Morgan fingerprint density at radius 2 is 2.11 bits per heavy atom. The molecule has 0 spiro atoms. The van der Waals surface area contributed by atoms with Gasteiger partial charge in [0, 0.05) is 38.1 Å². The molecular formula is C18H19F3N6. The number of aromatic nitrogens is 2. The summed E-state index contributed by atoms with van der Waals surface area (Å²) in [5.41, 5.74) is 2.39. The number of rotatable bonds is 3. The first-order valence-electron chi connectivity index (χ1n) is 8.67. The lowest BCUT2D eigenvalue weighted by Crippen LogP contribution is -2.60. The second kappa shape index (κ2) is 6.58. The van der Waals surface area contributed by atoms with E-state index in [9.17, 15) is 13.2 Å². The van der Waals surface area contributed by atoms with Gasteiger partial charge < -0.3 is 10.6 Å². The first-order chi connectivity index (χ1) is 12.9. The molecule has 1 aromatic carbocycles. The maximum Gasteiger partial charge on any atom is 0.451 e. The maximum absolute atomic E-state index is 12.8. The smallest absolute Gasteiger partial charge is 0.340 e. The number of aliphatic imine (C=N–C) groups is 1. The number of alkyl halides is 3. The van der Waals surface area contributed by atoms with Gasteiger partial charge in [0.1, 0.15) is 5.82 Å². The van der Waals surface area contributed by atoms with Gasteiger partial charge in [0.05, 0.1) is 0 Å². The summed E-state index contributed by atoms with van der Waals surface area (Å²) in [7, 11) is 0. The van der Waals surface area contributed by atoms with Crippen LogP contribution in [0.25, 0.3) is 0 Å². The Balaban J connectivity index is 1.64. The summed E-state index contributed by atoms with van der Waals surface area (Å²) in [6.45, 7) is 7.19. The molecule has 1 aromatic heterocycles. The number of anilines is 2. The van der Waals surface area contributed by atoms with E-state index in [0.717, 1.165) is 43.4 Å². The van der Waals surface area contributed by atoms with Gasteiger partial charge in [-0.3, -0.25) is 9.89 Å². The van der Waals surface area contributed by atoms with Gasteiger partial charge in [-0.1, -0.05) is 6.07 Å². The fraction of sp³-hybridized carbons (Fsp3) is 0.389. The summed E-state index contributed by atoms with van der Waals surface area (Å²) < 4.78 is 38.4. The molecule has 27 heavy (non-hydrogen) atoms. The Bertz CT molecular complexity index is 868. The number of piperazine rings is 1. The summed E-state index contributed by atoms with van der Waals surface area (Å²) in [5.74, 6) is -1.06. The van der Waals surface area contributed by atoms with Gasteiger partial charge in [-0.2, -0.15) is 13.2 Å². The molecule has 6 nitrogen and oxygen atoms in total. The fourth-order valence-corrected chi connectivity index (χ4v) is 3.81. The highest BCUT2D eigenvalue weighted by molar-refractivity contribution is 5.59. The molecule has 1 saturated heterocycles. The van der Waals surface area contributed by atoms with Crippen molar-refractivity contribution < 1.29 is 13.2 Å². The van der Waals surface area contributed by atoms with Gasteiger partial charge >= 0.3 is 6.18 Å². The minimum Gasteiger partial charge on any atom is -0.340 e. The van der Waals surface area contributed by atoms with Crippen LogP contribution in [0.15, 0.2) is 35.5 Å². The van der Waals surface area contributed by atoms with Gasteiger partial charge in [-0.05, 0) is 42.5 Å². The van der Waals surface area contributed by atoms with Crippen molar-refractivity contribution in [3.63, 3.8) is 0 Å². The summed E-state index contributed by atoms with van der Waals surface area (Å²) in [5, 5.41) is 6.32. The van der Waals surface area contributed by atoms with Crippen molar-refractivity contribution in [2.24, 2.45) is 4.99 Å². The van der Waals surface area contributed by atoms with Crippen LogP contribution in [0.2, 0.25) is 0 Å². The molecule has 4 rings (SSSR count). The molecule has 0 amide bonds. The SMILES string of the molecule is C=N[C@@]12CNCCN1CCc1cc(Nc3ccnc(C(F)(F)F)n3)ccc12. The molecule has 1 atom stereocenters. The Morgan fingerprint density at radius 3 is 2.89 bits per heavy atom. The van der Waals surface area contributed by atoms with E-state index in [2.05, 4.69) is 37.2 Å². The molecule has 0 bridgehead atoms. The van der Waals surface area contributed by atoms with E-state index in [1.807, 2.05) is 18.2 Å². The minimum atomic E-state index is -4.58. The fourth-order valence-electron chi connectivity index (χ4n) is 3.81. The predicted octanol–water partition coefficient (Wildman–Crippen LogP) is 2.55. The molecule has 3 heterocycles. The van der Waals surface area contributed by atoms with Gasteiger partial charge in [0.2, 0.25) is 5.82 Å². The van der Waals surface area contributed by atoms with E-state index in [4.69, 9.17) is 0 Å². The van der Waals surface area contributed by atoms with E-state index < -0.39 is 17.7 Å². The number of hydrogen-bond acceptors (Lipinski definition) is 6. The first kappa shape index (κ1) is 17.9. The molecule has 142 valence electrons. The van der Waals surface area contributed by atoms with Crippen LogP contribution in [0.3, 0.4) is 0 Å². The molecule has 2 N–H and O–H groups in total. The zero-order chi connectivity index (χ0) is 19.1. The summed E-state index contributed by atoms with van der Waals surface area (Å²) >= 11 is 0. The van der Waals surface area contributed by atoms with Crippen LogP contribution < -0.4 is 10.6 Å². The van der Waals surface area contributed by atoms with E-state index in [-0.39, 0.29) is 5.82 Å². The zero-order valence-electron chi connectivity index (χ0n) is 14.6. The number of halogens is 3. The van der Waals surface area contributed by atoms with Crippen LogP contribution in [-0.4, -0.2) is 47.8 Å². The molecule has 0 aliphatic carbocycles. The van der Waals surface area contributed by atoms with E-state index >= 15 is 0 Å². The lowest BCUT2D eigenvalue weighted by molar-refractivity contribution is -0.144. The lowest BCUT2D eigenvalue weighted by atomic mass is 9.85. The van der Waals surface area contributed by atoms with Crippen molar-refractivity contribution >= 4 is 18.2 Å². The van der Waals surface area contributed by atoms with Crippen LogP contribution in [0.5, 0.6) is 0 Å². The Kier molecular flexibility index (Phi) is 4.35. The lowest BCUT2D eigenvalue weighted by Gasteiger charge is -2.48. The van der Waals surface area contributed by atoms with Gasteiger partial charge in [-0.25, -0.2) is 9.97 Å². The van der Waals surface area contributed by atoms with Crippen LogP contribution in [0.1, 0.15) is 17.0 Å². The Labute approximate surface area is 154 Å². The average Bonchev–Trinajstić information content (AvgIpc) is 2.67. The van der Waals surface area contributed by atoms with Gasteiger partial charge in [0.25, 0.3) is 0 Å². The second-order valence-corrected chi connectivity index (χ2v) is 6.65. The van der Waals surface area contributed by atoms with E-state index in [1.54, 1.807) is 0 Å². The third kappa shape index (κ3) is 3.17. The number of benzene rings is 1. The monoisotopic (exact) mass is 376 g/mol. The number of nitrogens with zero attached hydrogens (tertiary/aromatic N) is 4. The summed E-state index contributed by atoms with van der Waals surface area (Å²) in [6, 6.07) is 7.16. The number of fused-ring (bicyclic) bond motifs is 3. The maximum atomic E-state index is 12.8. The average molecular weight is 376 g/mol. The van der Waals surface area contributed by atoms with Gasteiger partial charge in [-0.15, -0.1) is 0 Å². The molecular weight excluding hydrogens is 357 g/mol. The van der Waals surface area contributed by atoms with Crippen molar-refractivity contribution in [3.05, 3.63) is 47.4 Å². The zero-order valence-corrected chi connectivity index (χ0v) is 14.6. The van der Waals surface area contributed by atoms with Crippen LogP contribution in [0.4, 0.5) is 24.7 Å². The number of hydrogen-bond donors (Lipinski definition) is 2. The third-order valence-electron chi connectivity index (χ3n) is 5.08. The molecule has 1 fully saturated rings. The summed E-state index contributed by atoms with van der Waals surface area (Å²) in [4.78, 5) is 13.6. The van der Waals surface area contributed by atoms with Crippen molar-refractivity contribution in [1.29, 1.82) is 0 Å². The second-order valence-electron chi connectivity index (χ2n) is 6.65. The quantitative estimate of drug-likeness (QED) is 0.806. The van der Waals surface area contributed by atoms with E-state index in [0.29, 0.717) is 12.2 Å². The van der Waals surface area contributed by atoms with Gasteiger partial charge in [0.15, 0.2) is 5.66 Å². The largest absolute Gasteiger partial charge is 0.451 e. The van der Waals surface area contributed by atoms with Crippen LogP contribution in [-0.2, 0) is 18.3 Å². The Hall–Kier alpha value is -2.52. The molecule has 2 aliphatic heterocycles. The first-order valence-corrected chi connectivity index (χ1v) is 8.67. The molecule has 0 unspecified atom stereocenters. The molecule has 2 aliphatic rings. The van der Waals surface area contributed by atoms with Crippen molar-refractivity contribution in [2.75, 3.05) is 31.5 Å².